The molecule has 0 saturated heterocycles. The van der Waals surface area contributed by atoms with Crippen LogP contribution < -0.4 is 5.32 Å². The first kappa shape index (κ1) is 15.8. The number of ether oxygens (including phenoxy) is 1. The SMILES string of the molecule is CC(NCCCOC1CCCCC1)c1ccccc1Cl. The van der Waals surface area contributed by atoms with Gasteiger partial charge in [-0.25, -0.2) is 0 Å². The van der Waals surface area contributed by atoms with Crippen LogP contribution in [0.25, 0.3) is 0 Å². The van der Waals surface area contributed by atoms with Gasteiger partial charge in [0.05, 0.1) is 6.10 Å². The van der Waals surface area contributed by atoms with Gasteiger partial charge in [-0.15, -0.1) is 0 Å². The molecule has 1 N–H and O–H groups in total. The van der Waals surface area contributed by atoms with E-state index in [2.05, 4.69) is 18.3 Å². The van der Waals surface area contributed by atoms with Crippen molar-refractivity contribution in [3.8, 4) is 0 Å². The van der Waals surface area contributed by atoms with Gasteiger partial charge in [-0.2, -0.15) is 0 Å². The highest BCUT2D eigenvalue weighted by Gasteiger charge is 2.13. The van der Waals surface area contributed by atoms with Crippen molar-refractivity contribution in [2.24, 2.45) is 0 Å². The molecule has 1 atom stereocenters. The van der Waals surface area contributed by atoms with Crippen molar-refractivity contribution in [3.63, 3.8) is 0 Å². The van der Waals surface area contributed by atoms with Crippen molar-refractivity contribution in [2.75, 3.05) is 13.2 Å². The maximum atomic E-state index is 6.20. The lowest BCUT2D eigenvalue weighted by Crippen LogP contribution is -2.23. The highest BCUT2D eigenvalue weighted by molar-refractivity contribution is 6.31. The van der Waals surface area contributed by atoms with Gasteiger partial charge in [0.1, 0.15) is 0 Å². The molecular weight excluding hydrogens is 270 g/mol. The molecule has 1 aliphatic rings. The number of halogens is 1. The molecule has 2 rings (SSSR count). The zero-order valence-corrected chi connectivity index (χ0v) is 13.2. The van der Waals surface area contributed by atoms with Crippen molar-refractivity contribution >= 4 is 11.6 Å². The Kier molecular flexibility index (Phi) is 6.85. The van der Waals surface area contributed by atoms with Crippen LogP contribution in [-0.2, 0) is 4.74 Å². The van der Waals surface area contributed by atoms with Crippen LogP contribution in [0.4, 0.5) is 0 Å². The zero-order chi connectivity index (χ0) is 14.2. The van der Waals surface area contributed by atoms with Gasteiger partial charge in [0.2, 0.25) is 0 Å². The summed E-state index contributed by atoms with van der Waals surface area (Å²) in [6.07, 6.45) is 8.15. The summed E-state index contributed by atoms with van der Waals surface area (Å²) >= 11 is 6.20. The van der Waals surface area contributed by atoms with Crippen LogP contribution in [-0.4, -0.2) is 19.3 Å². The van der Waals surface area contributed by atoms with Gasteiger partial charge in [-0.3, -0.25) is 0 Å². The lowest BCUT2D eigenvalue weighted by atomic mass is 9.98. The number of hydrogen-bond acceptors (Lipinski definition) is 2. The standard InChI is InChI=1S/C17H26ClNO/c1-14(16-10-5-6-11-17(16)18)19-12-7-13-20-15-8-3-2-4-9-15/h5-6,10-11,14-15,19H,2-4,7-9,12-13H2,1H3. The van der Waals surface area contributed by atoms with E-state index in [0.717, 1.165) is 24.6 Å². The molecule has 0 aliphatic heterocycles. The minimum absolute atomic E-state index is 0.290. The highest BCUT2D eigenvalue weighted by Crippen LogP contribution is 2.22. The minimum atomic E-state index is 0.290. The first-order valence-electron chi connectivity index (χ1n) is 7.87. The van der Waals surface area contributed by atoms with Gasteiger partial charge >= 0.3 is 0 Å². The summed E-state index contributed by atoms with van der Waals surface area (Å²) in [7, 11) is 0. The Hall–Kier alpha value is -0.570. The first-order chi connectivity index (χ1) is 9.77. The Morgan fingerprint density at radius 2 is 2.00 bits per heavy atom. The maximum Gasteiger partial charge on any atom is 0.0575 e. The second-order valence-corrected chi connectivity index (χ2v) is 6.09. The van der Waals surface area contributed by atoms with Crippen LogP contribution in [0.15, 0.2) is 24.3 Å². The van der Waals surface area contributed by atoms with Crippen LogP contribution in [0, 0.1) is 0 Å². The molecule has 0 amide bonds. The number of rotatable bonds is 7. The van der Waals surface area contributed by atoms with Gasteiger partial charge in [-0.1, -0.05) is 49.1 Å². The van der Waals surface area contributed by atoms with E-state index in [1.54, 1.807) is 0 Å². The Morgan fingerprint density at radius 3 is 2.75 bits per heavy atom. The van der Waals surface area contributed by atoms with Gasteiger partial charge < -0.3 is 10.1 Å². The molecule has 2 nitrogen and oxygen atoms in total. The van der Waals surface area contributed by atoms with E-state index >= 15 is 0 Å². The Bertz CT molecular complexity index is 390. The maximum absolute atomic E-state index is 6.20. The summed E-state index contributed by atoms with van der Waals surface area (Å²) in [6, 6.07) is 8.32. The molecule has 0 spiro atoms. The molecule has 112 valence electrons. The van der Waals surface area contributed by atoms with Crippen molar-refractivity contribution < 1.29 is 4.74 Å². The van der Waals surface area contributed by atoms with Crippen LogP contribution in [0.3, 0.4) is 0 Å². The average molecular weight is 296 g/mol. The molecule has 1 aromatic carbocycles. The molecule has 0 aromatic heterocycles. The number of benzene rings is 1. The van der Waals surface area contributed by atoms with Gasteiger partial charge in [0.15, 0.2) is 0 Å². The topological polar surface area (TPSA) is 21.3 Å². The van der Waals surface area contributed by atoms with E-state index in [9.17, 15) is 0 Å². The van der Waals surface area contributed by atoms with Gasteiger partial charge in [0.25, 0.3) is 0 Å². The third-order valence-corrected chi connectivity index (χ3v) is 4.39. The monoisotopic (exact) mass is 295 g/mol. The fraction of sp³-hybridized carbons (Fsp3) is 0.647. The lowest BCUT2D eigenvalue weighted by Gasteiger charge is -2.22. The molecule has 1 unspecified atom stereocenters. The van der Waals surface area contributed by atoms with E-state index < -0.39 is 0 Å². The van der Waals surface area contributed by atoms with E-state index in [0.29, 0.717) is 12.1 Å². The summed E-state index contributed by atoms with van der Waals surface area (Å²) in [5.74, 6) is 0. The molecule has 20 heavy (non-hydrogen) atoms. The quantitative estimate of drug-likeness (QED) is 0.734. The van der Waals surface area contributed by atoms with Gasteiger partial charge in [0, 0.05) is 17.7 Å². The van der Waals surface area contributed by atoms with Crippen LogP contribution >= 0.6 is 11.6 Å². The Labute approximate surface area is 127 Å². The smallest absolute Gasteiger partial charge is 0.0575 e. The van der Waals surface area contributed by atoms with Gasteiger partial charge in [-0.05, 0) is 44.4 Å². The zero-order valence-electron chi connectivity index (χ0n) is 12.4. The van der Waals surface area contributed by atoms with Crippen molar-refractivity contribution in [3.05, 3.63) is 34.9 Å². The summed E-state index contributed by atoms with van der Waals surface area (Å²) < 4.78 is 5.93. The first-order valence-corrected chi connectivity index (χ1v) is 8.24. The summed E-state index contributed by atoms with van der Waals surface area (Å²) in [6.45, 7) is 4.00. The number of hydrogen-bond donors (Lipinski definition) is 1. The largest absolute Gasteiger partial charge is 0.378 e. The van der Waals surface area contributed by atoms with Crippen LogP contribution in [0.2, 0.25) is 5.02 Å². The van der Waals surface area contributed by atoms with Crippen LogP contribution in [0.5, 0.6) is 0 Å². The molecule has 1 fully saturated rings. The van der Waals surface area contributed by atoms with E-state index in [4.69, 9.17) is 16.3 Å². The minimum Gasteiger partial charge on any atom is -0.378 e. The van der Waals surface area contributed by atoms with E-state index in [-0.39, 0.29) is 0 Å². The molecule has 1 saturated carbocycles. The molecule has 0 radical (unpaired) electrons. The lowest BCUT2D eigenvalue weighted by molar-refractivity contribution is 0.0271. The van der Waals surface area contributed by atoms with Crippen molar-refractivity contribution in [2.45, 2.75) is 57.6 Å². The van der Waals surface area contributed by atoms with Crippen LogP contribution in [0.1, 0.15) is 57.1 Å². The van der Waals surface area contributed by atoms with E-state index in [1.807, 2.05) is 18.2 Å². The predicted octanol–water partition coefficient (Wildman–Crippen LogP) is 4.73. The summed E-state index contributed by atoms with van der Waals surface area (Å²) in [4.78, 5) is 0. The summed E-state index contributed by atoms with van der Waals surface area (Å²) in [5, 5.41) is 4.35. The Morgan fingerprint density at radius 1 is 1.25 bits per heavy atom. The normalized spacial score (nSPS) is 18.1. The average Bonchev–Trinajstić information content (AvgIpc) is 2.48. The van der Waals surface area contributed by atoms with Crippen molar-refractivity contribution in [1.29, 1.82) is 0 Å². The molecular formula is C17H26ClNO. The second kappa shape index (κ2) is 8.66. The third kappa shape index (κ3) is 5.08. The Balaban J connectivity index is 1.60. The summed E-state index contributed by atoms with van der Waals surface area (Å²) in [5.41, 5.74) is 1.17. The van der Waals surface area contributed by atoms with Crippen molar-refractivity contribution in [1.82, 2.24) is 5.32 Å². The molecule has 1 aliphatic carbocycles. The fourth-order valence-corrected chi connectivity index (χ4v) is 3.11. The molecule has 1 aromatic rings. The van der Waals surface area contributed by atoms with E-state index in [1.165, 1.54) is 37.7 Å². The molecule has 0 bridgehead atoms. The molecule has 3 heteroatoms. The highest BCUT2D eigenvalue weighted by atomic mass is 35.5. The fourth-order valence-electron chi connectivity index (χ4n) is 2.81. The number of nitrogens with one attached hydrogen (secondary N) is 1. The third-order valence-electron chi connectivity index (χ3n) is 4.05. The predicted molar refractivity (Wildman–Crippen MR) is 85.3 cm³/mol. The second-order valence-electron chi connectivity index (χ2n) is 5.68. The molecule has 0 heterocycles.